The van der Waals surface area contributed by atoms with E-state index >= 15 is 0 Å². The molecule has 8 nitrogen and oxygen atoms in total. The first-order chi connectivity index (χ1) is 14.5. The van der Waals surface area contributed by atoms with E-state index in [0.717, 1.165) is 5.56 Å². The van der Waals surface area contributed by atoms with E-state index in [1.165, 1.54) is 23.1 Å². The molecule has 0 radical (unpaired) electrons. The fourth-order valence-corrected chi connectivity index (χ4v) is 3.75. The van der Waals surface area contributed by atoms with Gasteiger partial charge in [0.1, 0.15) is 18.4 Å². The quantitative estimate of drug-likeness (QED) is 0.511. The predicted octanol–water partition coefficient (Wildman–Crippen LogP) is 2.87. The minimum atomic E-state index is -0.692. The maximum Gasteiger partial charge on any atom is 0.270 e. The molecule has 1 heterocycles. The van der Waals surface area contributed by atoms with Crippen LogP contribution < -0.4 is 10.1 Å². The third kappa shape index (κ3) is 5.10. The van der Waals surface area contributed by atoms with E-state index in [1.807, 2.05) is 36.6 Å². The number of nitrogens with zero attached hydrogens (tertiary/aromatic N) is 2. The maximum absolute atomic E-state index is 13.2. The number of nitrogens with one attached hydrogen (secondary N) is 1. The summed E-state index contributed by atoms with van der Waals surface area (Å²) in [7, 11) is 0. The summed E-state index contributed by atoms with van der Waals surface area (Å²) in [5.74, 6) is 0.291. The molecule has 0 bridgehead atoms. The van der Waals surface area contributed by atoms with Crippen molar-refractivity contribution in [3.8, 4) is 5.75 Å². The van der Waals surface area contributed by atoms with Gasteiger partial charge in [-0.3, -0.25) is 19.7 Å². The van der Waals surface area contributed by atoms with Crippen LogP contribution >= 0.6 is 11.8 Å². The van der Waals surface area contributed by atoms with Crippen LogP contribution in [-0.2, 0) is 11.3 Å². The molecule has 0 saturated heterocycles. The normalized spacial score (nSPS) is 14.3. The van der Waals surface area contributed by atoms with Crippen molar-refractivity contribution in [3.63, 3.8) is 0 Å². The SMILES string of the molecule is CSCCC(C(=O)NCc1ccccc1)N1CCOc2ccc([N+](=O)[O-])cc2C1=O. The molecule has 30 heavy (non-hydrogen) atoms. The van der Waals surface area contributed by atoms with Crippen LogP contribution in [0.2, 0.25) is 0 Å². The molecule has 0 fully saturated rings. The molecule has 1 N–H and O–H groups in total. The maximum atomic E-state index is 13.2. The van der Waals surface area contributed by atoms with Gasteiger partial charge in [0, 0.05) is 18.7 Å². The first-order valence-corrected chi connectivity index (χ1v) is 10.9. The Hall–Kier alpha value is -3.07. The van der Waals surface area contributed by atoms with Gasteiger partial charge in [0.2, 0.25) is 5.91 Å². The summed E-state index contributed by atoms with van der Waals surface area (Å²) >= 11 is 1.59. The number of amides is 2. The number of carbonyl (C=O) groups excluding carboxylic acids is 2. The second-order valence-corrected chi connectivity index (χ2v) is 7.77. The van der Waals surface area contributed by atoms with Crippen molar-refractivity contribution >= 4 is 29.3 Å². The molecular weight excluding hydrogens is 406 g/mol. The van der Waals surface area contributed by atoms with Gasteiger partial charge in [0.15, 0.2) is 0 Å². The second-order valence-electron chi connectivity index (χ2n) is 6.79. The van der Waals surface area contributed by atoms with E-state index in [-0.39, 0.29) is 30.3 Å². The van der Waals surface area contributed by atoms with Gasteiger partial charge >= 0.3 is 0 Å². The van der Waals surface area contributed by atoms with Crippen molar-refractivity contribution in [1.29, 1.82) is 0 Å². The number of nitro groups is 1. The summed E-state index contributed by atoms with van der Waals surface area (Å²) in [5.41, 5.74) is 0.870. The monoisotopic (exact) mass is 429 g/mol. The molecule has 3 rings (SSSR count). The molecule has 0 spiro atoms. The van der Waals surface area contributed by atoms with Crippen LogP contribution in [0.15, 0.2) is 48.5 Å². The van der Waals surface area contributed by atoms with Gasteiger partial charge in [0.05, 0.1) is 17.0 Å². The molecule has 2 aromatic rings. The predicted molar refractivity (Wildman–Crippen MR) is 115 cm³/mol. The first-order valence-electron chi connectivity index (χ1n) is 9.54. The summed E-state index contributed by atoms with van der Waals surface area (Å²) in [6.07, 6.45) is 2.41. The zero-order chi connectivity index (χ0) is 21.5. The molecule has 0 aromatic heterocycles. The van der Waals surface area contributed by atoms with Gasteiger partial charge in [0.25, 0.3) is 11.6 Å². The number of non-ortho nitro benzene ring substituents is 1. The van der Waals surface area contributed by atoms with Crippen molar-refractivity contribution in [1.82, 2.24) is 10.2 Å². The van der Waals surface area contributed by atoms with Crippen LogP contribution in [0.3, 0.4) is 0 Å². The topological polar surface area (TPSA) is 102 Å². The number of hydrogen-bond acceptors (Lipinski definition) is 6. The lowest BCUT2D eigenvalue weighted by Crippen LogP contribution is -2.50. The van der Waals surface area contributed by atoms with E-state index in [1.54, 1.807) is 11.8 Å². The fraction of sp³-hybridized carbons (Fsp3) is 0.333. The first kappa shape index (κ1) is 21.6. The molecule has 158 valence electrons. The van der Waals surface area contributed by atoms with E-state index in [0.29, 0.717) is 24.5 Å². The minimum absolute atomic E-state index is 0.103. The van der Waals surface area contributed by atoms with Gasteiger partial charge in [-0.05, 0) is 30.1 Å². The van der Waals surface area contributed by atoms with Crippen LogP contribution in [0.1, 0.15) is 22.3 Å². The Kier molecular flexibility index (Phi) is 7.29. The van der Waals surface area contributed by atoms with Gasteiger partial charge in [-0.1, -0.05) is 30.3 Å². The Morgan fingerprint density at radius 2 is 2.07 bits per heavy atom. The largest absolute Gasteiger partial charge is 0.491 e. The highest BCUT2D eigenvalue weighted by atomic mass is 32.2. The van der Waals surface area contributed by atoms with Crippen molar-refractivity contribution in [2.45, 2.75) is 19.0 Å². The molecule has 1 aliphatic rings. The van der Waals surface area contributed by atoms with Crippen LogP contribution in [0, 0.1) is 10.1 Å². The molecule has 1 unspecified atom stereocenters. The Balaban J connectivity index is 1.83. The Morgan fingerprint density at radius 3 is 2.77 bits per heavy atom. The number of fused-ring (bicyclic) bond motifs is 1. The second kappa shape index (κ2) is 10.1. The van der Waals surface area contributed by atoms with Crippen molar-refractivity contribution in [2.75, 3.05) is 25.2 Å². The third-order valence-corrected chi connectivity index (χ3v) is 5.48. The molecule has 0 saturated carbocycles. The van der Waals surface area contributed by atoms with Crippen molar-refractivity contribution in [2.24, 2.45) is 0 Å². The number of ether oxygens (including phenoxy) is 1. The lowest BCUT2D eigenvalue weighted by Gasteiger charge is -2.29. The average Bonchev–Trinajstić information content (AvgIpc) is 2.92. The molecule has 1 atom stereocenters. The van der Waals surface area contributed by atoms with Crippen molar-refractivity contribution < 1.29 is 19.2 Å². The number of benzene rings is 2. The summed E-state index contributed by atoms with van der Waals surface area (Å²) < 4.78 is 5.63. The molecular formula is C21H23N3O5S. The molecule has 1 aliphatic heterocycles. The van der Waals surface area contributed by atoms with Gasteiger partial charge in [-0.2, -0.15) is 11.8 Å². The fourth-order valence-electron chi connectivity index (χ4n) is 3.29. The molecule has 2 amide bonds. The van der Waals surface area contributed by atoms with Crippen LogP contribution in [0.25, 0.3) is 0 Å². The Bertz CT molecular complexity index is 922. The Labute approximate surface area is 178 Å². The van der Waals surface area contributed by atoms with Crippen LogP contribution in [-0.4, -0.2) is 52.8 Å². The standard InChI is InChI=1S/C21H23N3O5S/c1-30-12-9-18(20(25)22-14-15-5-3-2-4-6-15)23-10-11-29-19-8-7-16(24(27)28)13-17(19)21(23)26/h2-8,13,18H,9-12,14H2,1H3,(H,22,25). The number of thioether (sulfide) groups is 1. The van der Waals surface area contributed by atoms with Gasteiger partial charge in [-0.15, -0.1) is 0 Å². The molecule has 2 aromatic carbocycles. The van der Waals surface area contributed by atoms with E-state index in [2.05, 4.69) is 5.32 Å². The summed E-state index contributed by atoms with van der Waals surface area (Å²) in [5, 5.41) is 14.0. The van der Waals surface area contributed by atoms with Crippen molar-refractivity contribution in [3.05, 3.63) is 69.8 Å². The van der Waals surface area contributed by atoms with E-state index in [4.69, 9.17) is 4.74 Å². The number of carbonyl (C=O) groups is 2. The van der Waals surface area contributed by atoms with E-state index < -0.39 is 16.9 Å². The average molecular weight is 429 g/mol. The van der Waals surface area contributed by atoms with Gasteiger partial charge < -0.3 is 15.0 Å². The molecule has 9 heteroatoms. The highest BCUT2D eigenvalue weighted by molar-refractivity contribution is 7.98. The molecule has 0 aliphatic carbocycles. The highest BCUT2D eigenvalue weighted by Gasteiger charge is 2.34. The Morgan fingerprint density at radius 1 is 1.30 bits per heavy atom. The third-order valence-electron chi connectivity index (χ3n) is 4.84. The van der Waals surface area contributed by atoms with Gasteiger partial charge in [-0.25, -0.2) is 0 Å². The highest BCUT2D eigenvalue weighted by Crippen LogP contribution is 2.28. The summed E-state index contributed by atoms with van der Waals surface area (Å²) in [6.45, 7) is 0.785. The van der Waals surface area contributed by atoms with Crippen LogP contribution in [0.5, 0.6) is 5.75 Å². The zero-order valence-corrected chi connectivity index (χ0v) is 17.4. The number of hydrogen-bond donors (Lipinski definition) is 1. The number of rotatable bonds is 8. The van der Waals surface area contributed by atoms with Crippen LogP contribution in [0.4, 0.5) is 5.69 Å². The zero-order valence-electron chi connectivity index (χ0n) is 16.6. The summed E-state index contributed by atoms with van der Waals surface area (Å²) in [6, 6.07) is 12.8. The van der Waals surface area contributed by atoms with E-state index in [9.17, 15) is 19.7 Å². The lowest BCUT2D eigenvalue weighted by molar-refractivity contribution is -0.384. The minimum Gasteiger partial charge on any atom is -0.491 e. The summed E-state index contributed by atoms with van der Waals surface area (Å²) in [4.78, 5) is 38.3. The lowest BCUT2D eigenvalue weighted by atomic mass is 10.1. The smallest absolute Gasteiger partial charge is 0.270 e. The number of nitro benzene ring substituents is 1.